The minimum absolute atomic E-state index is 0.0475. The molecule has 15 N–H and O–H groups in total. The van der Waals surface area contributed by atoms with Crippen LogP contribution in [0.2, 0.25) is 0 Å². The highest BCUT2D eigenvalue weighted by molar-refractivity contribution is 7.52. The van der Waals surface area contributed by atoms with E-state index in [0.29, 0.717) is 77.0 Å². The third-order valence-electron chi connectivity index (χ3n) is 16.9. The van der Waals surface area contributed by atoms with Crippen molar-refractivity contribution < 1.29 is 186 Å². The largest absolute Gasteiger partial charge is 0.474 e. The summed E-state index contributed by atoms with van der Waals surface area (Å²) in [5.41, 5.74) is -1.69. The van der Waals surface area contributed by atoms with E-state index in [4.69, 9.17) is 88.1 Å². The standard InChI is InChI=1S/C59H116NO39P5/c1-40-30-44(99-100(5,71)72)48(95-40)34-92-104(79,80)93-38-59(37-83-39-94-103(77,78)89-27-17-10-7-13-23-85-57-42(3)51(66)53(68)46(32-62)97-57,35-81-20-18-28-90-101(73,74)87-25-15-9-6-12-22-84-56-41(2)50(65)52(67)45(31-61)96-56)36-82-21-19-29-91-102(75,76)88-26-16-11-8-14-24-86-58-49(60-43(4)64)55(70)54(69)47(33-63)98-58/h40-42,44-58,61-63,65-70H,6-39H2,1-5H3,(H,60,64)(H,71,72)(H,73,74)(H,75,76)(H,77,78)(H,79,80)/t40-,41?,42?,44?,45?,46?,47?,48+,49?,50+,51+,52-,53-,54-,55+,56+,57+,58+,59?/m0/s1. The number of aliphatic hydroxyl groups excluding tert-OH is 9. The van der Waals surface area contributed by atoms with Crippen molar-refractivity contribution in [3.05, 3.63) is 0 Å². The summed E-state index contributed by atoms with van der Waals surface area (Å²) < 4.78 is 168. The summed E-state index contributed by atoms with van der Waals surface area (Å²) in [6.45, 7) is 0.229. The summed E-state index contributed by atoms with van der Waals surface area (Å²) in [5.74, 6) is -1.64. The van der Waals surface area contributed by atoms with Gasteiger partial charge in [0, 0.05) is 64.9 Å². The van der Waals surface area contributed by atoms with E-state index in [-0.39, 0.29) is 78.7 Å². The van der Waals surface area contributed by atoms with E-state index in [1.807, 2.05) is 0 Å². The second kappa shape index (κ2) is 49.0. The maximum absolute atomic E-state index is 13.6. The van der Waals surface area contributed by atoms with Crippen molar-refractivity contribution in [2.75, 3.05) is 132 Å². The van der Waals surface area contributed by atoms with Crippen molar-refractivity contribution >= 4 is 44.8 Å². The monoisotopic (exact) mass is 1620 g/mol. The lowest BCUT2D eigenvalue weighted by atomic mass is 9.92. The number of unbranched alkanes of at least 4 members (excludes halogenated alkanes) is 9. The Morgan fingerprint density at radius 3 is 1.20 bits per heavy atom. The van der Waals surface area contributed by atoms with Gasteiger partial charge in [0.15, 0.2) is 25.7 Å². The van der Waals surface area contributed by atoms with Crippen molar-refractivity contribution in [1.29, 1.82) is 0 Å². The van der Waals surface area contributed by atoms with Gasteiger partial charge in [0.1, 0.15) is 54.9 Å². The van der Waals surface area contributed by atoms with Crippen molar-refractivity contribution in [2.24, 2.45) is 17.3 Å². The molecular weight excluding hydrogens is 1500 g/mol. The molecule has 4 saturated heterocycles. The van der Waals surface area contributed by atoms with Gasteiger partial charge < -0.3 is 128 Å². The number of aliphatic hydroxyl groups is 9. The van der Waals surface area contributed by atoms with Crippen LogP contribution < -0.4 is 5.32 Å². The van der Waals surface area contributed by atoms with Gasteiger partial charge in [-0.2, -0.15) is 0 Å². The maximum Gasteiger partial charge on any atom is 0.474 e. The second-order valence-electron chi connectivity index (χ2n) is 26.1. The van der Waals surface area contributed by atoms with Crippen LogP contribution in [0.3, 0.4) is 0 Å². The van der Waals surface area contributed by atoms with E-state index in [9.17, 15) is 98.0 Å². The summed E-state index contributed by atoms with van der Waals surface area (Å²) in [5, 5.41) is 92.5. The SMILES string of the molecule is CC(=O)NC1[C@H](OCCCCCCOP(=O)(O)OCCCOCC(COCCCOP(=O)(O)OCCCCCCO[C@@H]2OC(CO)[C@H](O)[C@H](O)C2C)(COCOP(=O)(O)OCCCCCCO[C@@H]2OC(CO)[C@H](O)[C@H](O)C2C)COP(=O)(O)OC[C@H]2O[C@@H](C)CC2OP(C)(=O)O)OC(CO)[C@H](O)[C@@H]1O. The van der Waals surface area contributed by atoms with Gasteiger partial charge in [-0.1, -0.05) is 52.4 Å². The number of hydrogen-bond donors (Lipinski definition) is 15. The van der Waals surface area contributed by atoms with Gasteiger partial charge in [0.05, 0.1) is 116 Å². The molecule has 45 heteroatoms. The van der Waals surface area contributed by atoms with Crippen LogP contribution in [0.25, 0.3) is 0 Å². The predicted molar refractivity (Wildman–Crippen MR) is 358 cm³/mol. The van der Waals surface area contributed by atoms with Gasteiger partial charge in [-0.3, -0.25) is 45.5 Å². The number of ether oxygens (including phenoxy) is 10. The van der Waals surface area contributed by atoms with E-state index >= 15 is 0 Å². The second-order valence-corrected chi connectivity index (χ2v) is 33.7. The summed E-state index contributed by atoms with van der Waals surface area (Å²) in [4.78, 5) is 64.1. The van der Waals surface area contributed by atoms with Crippen molar-refractivity contribution in [3.63, 3.8) is 0 Å². The molecule has 0 saturated carbocycles. The molecule has 0 aliphatic carbocycles. The Hall–Kier alpha value is -0.700. The van der Waals surface area contributed by atoms with Crippen LogP contribution >= 0.6 is 38.9 Å². The van der Waals surface area contributed by atoms with Gasteiger partial charge in [0.2, 0.25) is 5.91 Å². The lowest BCUT2D eigenvalue weighted by Gasteiger charge is -2.42. The third-order valence-corrected chi connectivity index (χ3v) is 21.5. The van der Waals surface area contributed by atoms with Crippen LogP contribution in [0.5, 0.6) is 0 Å². The number of amides is 1. The first-order valence-corrected chi connectivity index (χ1v) is 42.9. The first-order chi connectivity index (χ1) is 49.1. The van der Waals surface area contributed by atoms with Crippen LogP contribution in [0.4, 0.5) is 0 Å². The van der Waals surface area contributed by atoms with Gasteiger partial charge in [-0.25, -0.2) is 18.3 Å². The molecule has 104 heavy (non-hydrogen) atoms. The van der Waals surface area contributed by atoms with E-state index < -0.39 is 226 Å². The molecule has 40 nitrogen and oxygen atoms in total. The van der Waals surface area contributed by atoms with E-state index in [1.54, 1.807) is 20.8 Å². The number of nitrogens with one attached hydrogen (secondary N) is 1. The summed E-state index contributed by atoms with van der Waals surface area (Å²) >= 11 is 0. The Kier molecular flexibility index (Phi) is 45.1. The topological polar surface area (TPSA) is 573 Å². The van der Waals surface area contributed by atoms with Crippen LogP contribution in [0.15, 0.2) is 0 Å². The van der Waals surface area contributed by atoms with Crippen LogP contribution in [0.1, 0.15) is 124 Å². The predicted octanol–water partition coefficient (Wildman–Crippen LogP) is 1.50. The molecule has 4 aliphatic heterocycles. The minimum atomic E-state index is -5.12. The molecule has 0 bridgehead atoms. The Bertz CT molecular complexity index is 2610. The summed E-state index contributed by atoms with van der Waals surface area (Å²) in [7, 11) is -23.2. The normalized spacial score (nSPS) is 31.8. The number of carbonyl (C=O) groups excluding carboxylic acids is 1. The zero-order chi connectivity index (χ0) is 77.2. The molecule has 13 unspecified atom stereocenters. The average molecular weight is 1620 g/mol. The fourth-order valence-corrected chi connectivity index (χ4v) is 14.9. The number of phosphoric acid groups is 4. The Morgan fingerprint density at radius 1 is 0.423 bits per heavy atom. The van der Waals surface area contributed by atoms with Gasteiger partial charge in [-0.15, -0.1) is 0 Å². The lowest BCUT2D eigenvalue weighted by molar-refractivity contribution is -0.282. The summed E-state index contributed by atoms with van der Waals surface area (Å²) in [6, 6.07) is -1.11. The van der Waals surface area contributed by atoms with Crippen molar-refractivity contribution in [3.8, 4) is 0 Å². The highest BCUT2D eigenvalue weighted by atomic mass is 31.2. The number of hydrogen-bond acceptors (Lipinski definition) is 34. The van der Waals surface area contributed by atoms with Gasteiger partial charge >= 0.3 is 38.9 Å². The minimum Gasteiger partial charge on any atom is -0.394 e. The van der Waals surface area contributed by atoms with Crippen LogP contribution in [0, 0.1) is 17.3 Å². The zero-order valence-electron chi connectivity index (χ0n) is 59.6. The lowest BCUT2D eigenvalue weighted by Crippen LogP contribution is -2.64. The van der Waals surface area contributed by atoms with Crippen molar-refractivity contribution in [2.45, 2.75) is 222 Å². The Labute approximate surface area is 606 Å². The smallest absolute Gasteiger partial charge is 0.394 e. The van der Waals surface area contributed by atoms with Crippen LogP contribution in [-0.2, 0) is 116 Å². The quantitative estimate of drug-likeness (QED) is 0.0233. The molecule has 1 amide bonds. The van der Waals surface area contributed by atoms with Gasteiger partial charge in [0.25, 0.3) is 0 Å². The number of carbonyl (C=O) groups is 1. The number of rotatable bonds is 58. The Morgan fingerprint density at radius 2 is 0.788 bits per heavy atom. The Balaban J connectivity index is 1.33. The van der Waals surface area contributed by atoms with Gasteiger partial charge in [-0.05, 0) is 58.3 Å². The molecule has 4 aliphatic rings. The van der Waals surface area contributed by atoms with E-state index in [1.165, 1.54) is 6.92 Å². The first kappa shape index (κ1) is 95.7. The molecule has 4 rings (SSSR count). The van der Waals surface area contributed by atoms with Crippen LogP contribution in [-0.4, -0.2) is 307 Å². The molecule has 0 spiro atoms. The molecule has 616 valence electrons. The molecule has 0 aromatic rings. The number of phosphoric ester groups is 4. The maximum atomic E-state index is 13.6. The molecule has 0 aromatic carbocycles. The highest BCUT2D eigenvalue weighted by Gasteiger charge is 2.47. The fourth-order valence-electron chi connectivity index (χ4n) is 11.1. The molecule has 4 fully saturated rings. The molecule has 0 aromatic heterocycles. The van der Waals surface area contributed by atoms with E-state index in [0.717, 1.165) is 6.66 Å². The molecule has 4 heterocycles. The molecule has 24 atom stereocenters. The average Bonchev–Trinajstić information content (AvgIpc) is 1.19. The third kappa shape index (κ3) is 36.8. The van der Waals surface area contributed by atoms with E-state index in [2.05, 4.69) is 5.32 Å². The molecular formula is C59H116NO39P5. The molecule has 0 radical (unpaired) electrons. The first-order valence-electron chi connectivity index (χ1n) is 34.9. The summed E-state index contributed by atoms with van der Waals surface area (Å²) in [6.07, 6.45) is -10.6. The van der Waals surface area contributed by atoms with Crippen molar-refractivity contribution in [1.82, 2.24) is 5.32 Å². The highest BCUT2D eigenvalue weighted by Crippen LogP contribution is 2.49. The fraction of sp³-hybridized carbons (Fsp3) is 0.983. The zero-order valence-corrected chi connectivity index (χ0v) is 64.1.